The van der Waals surface area contributed by atoms with E-state index in [2.05, 4.69) is 12.2 Å². The van der Waals surface area contributed by atoms with Crippen LogP contribution in [0.1, 0.15) is 33.1 Å². The summed E-state index contributed by atoms with van der Waals surface area (Å²) in [5.74, 6) is 0.0476. The molecule has 2 bridgehead atoms. The van der Waals surface area contributed by atoms with E-state index in [9.17, 15) is 14.7 Å². The van der Waals surface area contributed by atoms with Crippen molar-refractivity contribution >= 4 is 11.8 Å². The predicted octanol–water partition coefficient (Wildman–Crippen LogP) is 1.34. The molecule has 1 N–H and O–H groups in total. The summed E-state index contributed by atoms with van der Waals surface area (Å²) in [5, 5.41) is 10.3. The molecule has 1 saturated heterocycles. The highest BCUT2D eigenvalue weighted by atomic mass is 16.3. The molecular weight excluding hydrogens is 242 g/mol. The molecule has 19 heavy (non-hydrogen) atoms. The zero-order chi connectivity index (χ0) is 13.8. The molecule has 0 aromatic rings. The van der Waals surface area contributed by atoms with Gasteiger partial charge in [-0.2, -0.15) is 0 Å². The van der Waals surface area contributed by atoms with Gasteiger partial charge in [0.1, 0.15) is 0 Å². The van der Waals surface area contributed by atoms with Crippen molar-refractivity contribution in [1.29, 1.82) is 0 Å². The first-order valence-corrected chi connectivity index (χ1v) is 7.20. The van der Waals surface area contributed by atoms with Crippen molar-refractivity contribution in [3.05, 3.63) is 12.2 Å². The second-order valence-corrected chi connectivity index (χ2v) is 6.51. The number of aliphatic hydroxyl groups is 1. The molecule has 0 aromatic carbocycles. The number of amides is 2. The van der Waals surface area contributed by atoms with E-state index in [1.807, 2.05) is 6.92 Å². The van der Waals surface area contributed by atoms with Gasteiger partial charge in [-0.05, 0) is 31.6 Å². The number of imide groups is 1. The largest absolute Gasteiger partial charge is 0.388 e. The summed E-state index contributed by atoms with van der Waals surface area (Å²) in [7, 11) is 0. The third kappa shape index (κ3) is 1.84. The second kappa shape index (κ2) is 4.17. The predicted molar refractivity (Wildman–Crippen MR) is 70.0 cm³/mol. The van der Waals surface area contributed by atoms with Crippen molar-refractivity contribution in [2.75, 3.05) is 6.54 Å². The number of fused-ring (bicyclic) bond motifs is 5. The van der Waals surface area contributed by atoms with E-state index in [4.69, 9.17) is 0 Å². The molecule has 5 unspecified atom stereocenters. The Hall–Kier alpha value is -1.16. The minimum atomic E-state index is -0.967. The molecule has 0 spiro atoms. The number of rotatable bonds is 4. The smallest absolute Gasteiger partial charge is 0.233 e. The number of hydrogen-bond acceptors (Lipinski definition) is 3. The van der Waals surface area contributed by atoms with Gasteiger partial charge in [0.05, 0.1) is 24.0 Å². The molecule has 1 heterocycles. The maximum Gasteiger partial charge on any atom is 0.233 e. The fraction of sp³-hybridized carbons (Fsp3) is 0.733. The fourth-order valence-electron chi connectivity index (χ4n) is 4.08. The maximum absolute atomic E-state index is 12.4. The van der Waals surface area contributed by atoms with Crippen LogP contribution in [0.5, 0.6) is 0 Å². The van der Waals surface area contributed by atoms with Crippen molar-refractivity contribution in [2.45, 2.75) is 38.7 Å². The van der Waals surface area contributed by atoms with Crippen molar-refractivity contribution < 1.29 is 14.7 Å². The van der Waals surface area contributed by atoms with Gasteiger partial charge < -0.3 is 5.11 Å². The molecule has 2 fully saturated rings. The third-order valence-corrected chi connectivity index (χ3v) is 4.85. The van der Waals surface area contributed by atoms with Gasteiger partial charge in [0.15, 0.2) is 0 Å². The monoisotopic (exact) mass is 263 g/mol. The molecule has 3 aliphatic rings. The molecule has 3 rings (SSSR count). The van der Waals surface area contributed by atoms with Gasteiger partial charge in [-0.3, -0.25) is 14.5 Å². The van der Waals surface area contributed by atoms with Crippen LogP contribution in [0.4, 0.5) is 0 Å². The topological polar surface area (TPSA) is 57.6 Å². The van der Waals surface area contributed by atoms with Gasteiger partial charge in [0.25, 0.3) is 0 Å². The summed E-state index contributed by atoms with van der Waals surface area (Å²) in [6, 6.07) is 0. The quantitative estimate of drug-likeness (QED) is 0.615. The standard InChI is InChI=1S/C15H21NO3/c1-3-6-15(2,19)8-16-13(17)11-9-4-5-10(7-9)12(11)14(16)18/h4-5,9-12,19H,3,6-8H2,1-2H3. The van der Waals surface area contributed by atoms with Gasteiger partial charge in [0.2, 0.25) is 11.8 Å². The van der Waals surface area contributed by atoms with Crippen molar-refractivity contribution in [3.8, 4) is 0 Å². The van der Waals surface area contributed by atoms with E-state index in [1.165, 1.54) is 4.90 Å². The van der Waals surface area contributed by atoms with Crippen LogP contribution in [0.25, 0.3) is 0 Å². The lowest BCUT2D eigenvalue weighted by Gasteiger charge is -2.28. The summed E-state index contributed by atoms with van der Waals surface area (Å²) in [5.41, 5.74) is -0.967. The van der Waals surface area contributed by atoms with Crippen LogP contribution in [0, 0.1) is 23.7 Å². The fourth-order valence-corrected chi connectivity index (χ4v) is 4.08. The molecule has 0 aromatic heterocycles. The van der Waals surface area contributed by atoms with Crippen LogP contribution in [0.2, 0.25) is 0 Å². The van der Waals surface area contributed by atoms with E-state index in [1.54, 1.807) is 6.92 Å². The van der Waals surface area contributed by atoms with Crippen molar-refractivity contribution in [1.82, 2.24) is 4.90 Å². The van der Waals surface area contributed by atoms with Crippen LogP contribution >= 0.6 is 0 Å². The van der Waals surface area contributed by atoms with E-state index in [-0.39, 0.29) is 42.0 Å². The minimum Gasteiger partial charge on any atom is -0.388 e. The molecule has 2 amide bonds. The maximum atomic E-state index is 12.4. The number of carbonyl (C=O) groups is 2. The molecule has 4 nitrogen and oxygen atoms in total. The highest BCUT2D eigenvalue weighted by Gasteiger charge is 2.59. The Balaban J connectivity index is 1.79. The molecule has 104 valence electrons. The summed E-state index contributed by atoms with van der Waals surface area (Å²) in [4.78, 5) is 26.2. The molecule has 0 radical (unpaired) electrons. The molecule has 1 saturated carbocycles. The van der Waals surface area contributed by atoms with Crippen LogP contribution in [-0.2, 0) is 9.59 Å². The Morgan fingerprint density at radius 1 is 1.26 bits per heavy atom. The second-order valence-electron chi connectivity index (χ2n) is 6.51. The van der Waals surface area contributed by atoms with Crippen molar-refractivity contribution in [3.63, 3.8) is 0 Å². The number of hydrogen-bond donors (Lipinski definition) is 1. The van der Waals surface area contributed by atoms with Crippen molar-refractivity contribution in [2.24, 2.45) is 23.7 Å². The average Bonchev–Trinajstić information content (AvgIpc) is 2.98. The Morgan fingerprint density at radius 2 is 1.79 bits per heavy atom. The minimum absolute atomic E-state index is 0.0665. The van der Waals surface area contributed by atoms with Gasteiger partial charge in [0, 0.05) is 0 Å². The number of nitrogens with zero attached hydrogens (tertiary/aromatic N) is 1. The summed E-state index contributed by atoms with van der Waals surface area (Å²) < 4.78 is 0. The van der Waals surface area contributed by atoms with E-state index >= 15 is 0 Å². The van der Waals surface area contributed by atoms with Gasteiger partial charge >= 0.3 is 0 Å². The zero-order valence-electron chi connectivity index (χ0n) is 11.5. The van der Waals surface area contributed by atoms with Crippen LogP contribution in [-0.4, -0.2) is 34.0 Å². The Labute approximate surface area is 113 Å². The van der Waals surface area contributed by atoms with E-state index < -0.39 is 5.60 Å². The summed E-state index contributed by atoms with van der Waals surface area (Å²) in [6.45, 7) is 3.84. The van der Waals surface area contributed by atoms with E-state index in [0.29, 0.717) is 6.42 Å². The molecule has 5 atom stereocenters. The normalized spacial score (nSPS) is 39.0. The number of likely N-dealkylation sites (tertiary alicyclic amines) is 1. The zero-order valence-corrected chi connectivity index (χ0v) is 11.5. The van der Waals surface area contributed by atoms with E-state index in [0.717, 1.165) is 12.8 Å². The SMILES string of the molecule is CCCC(C)(O)CN1C(=O)C2C3C=CC(C3)C2C1=O. The first kappa shape index (κ1) is 12.9. The highest BCUT2D eigenvalue weighted by Crippen LogP contribution is 2.52. The summed E-state index contributed by atoms with van der Waals surface area (Å²) in [6.07, 6.45) is 6.56. The first-order chi connectivity index (χ1) is 8.94. The Bertz CT molecular complexity index is 424. The number of allylic oxidation sites excluding steroid dienone is 2. The van der Waals surface area contributed by atoms with Crippen LogP contribution in [0.3, 0.4) is 0 Å². The van der Waals surface area contributed by atoms with Crippen LogP contribution < -0.4 is 0 Å². The lowest BCUT2D eigenvalue weighted by molar-refractivity contribution is -0.144. The lowest BCUT2D eigenvalue weighted by Crippen LogP contribution is -2.44. The molecular formula is C15H21NO3. The number of carbonyl (C=O) groups excluding carboxylic acids is 2. The molecule has 1 aliphatic heterocycles. The van der Waals surface area contributed by atoms with Gasteiger partial charge in [-0.1, -0.05) is 25.5 Å². The summed E-state index contributed by atoms with van der Waals surface area (Å²) >= 11 is 0. The van der Waals surface area contributed by atoms with Gasteiger partial charge in [-0.25, -0.2) is 0 Å². The Kier molecular flexibility index (Phi) is 2.82. The molecule has 4 heteroatoms. The van der Waals surface area contributed by atoms with Gasteiger partial charge in [-0.15, -0.1) is 0 Å². The Morgan fingerprint density at radius 3 is 2.26 bits per heavy atom. The number of β-amino-alcohol motifs (C(OH)–C–C–N with tert-alkyl or cyclic N) is 1. The average molecular weight is 263 g/mol. The highest BCUT2D eigenvalue weighted by molar-refractivity contribution is 6.06. The first-order valence-electron chi connectivity index (χ1n) is 7.20. The third-order valence-electron chi connectivity index (χ3n) is 4.85. The van der Waals surface area contributed by atoms with Crippen LogP contribution in [0.15, 0.2) is 12.2 Å². The lowest BCUT2D eigenvalue weighted by atomic mass is 9.85. The molecule has 2 aliphatic carbocycles.